The predicted molar refractivity (Wildman–Crippen MR) is 43.0 cm³/mol. The predicted octanol–water partition coefficient (Wildman–Crippen LogP) is 0.140. The van der Waals surface area contributed by atoms with Crippen LogP contribution < -0.4 is 0 Å². The number of imidazole rings is 1. The first-order valence-corrected chi connectivity index (χ1v) is 3.55. The molecule has 0 spiro atoms. The zero-order valence-electron chi connectivity index (χ0n) is 6.81. The maximum atomic E-state index is 11.2. The number of nitrogens with zero attached hydrogens (tertiary/aromatic N) is 3. The van der Waals surface area contributed by atoms with Crippen LogP contribution in [0.4, 0.5) is 0 Å². The Hall–Kier alpha value is -1.98. The number of ether oxygens (including phenoxy) is 1. The summed E-state index contributed by atoms with van der Waals surface area (Å²) in [5, 5.41) is 0. The van der Waals surface area contributed by atoms with Crippen molar-refractivity contribution in [2.45, 2.75) is 0 Å². The Morgan fingerprint density at radius 2 is 2.31 bits per heavy atom. The first kappa shape index (κ1) is 7.66. The molecule has 0 saturated carbocycles. The Labute approximate surface area is 73.0 Å². The highest BCUT2D eigenvalue weighted by Crippen LogP contribution is 2.09. The third-order valence-electron chi connectivity index (χ3n) is 1.60. The molecule has 2 rings (SSSR count). The second-order valence-electron chi connectivity index (χ2n) is 2.32. The number of fused-ring (bicyclic) bond motifs is 1. The van der Waals surface area contributed by atoms with E-state index in [1.807, 2.05) is 0 Å². The van der Waals surface area contributed by atoms with Gasteiger partial charge in [-0.05, 0) is 0 Å². The molecule has 0 bridgehead atoms. The highest BCUT2D eigenvalue weighted by Gasteiger charge is 2.13. The molecule has 0 aliphatic carbocycles. The zero-order valence-corrected chi connectivity index (χ0v) is 6.81. The van der Waals surface area contributed by atoms with Crippen LogP contribution in [0.2, 0.25) is 0 Å². The summed E-state index contributed by atoms with van der Waals surface area (Å²) in [6, 6.07) is 0. The Bertz CT molecular complexity index is 450. The average molecular weight is 178 g/mol. The smallest absolute Gasteiger partial charge is 0.359 e. The zero-order chi connectivity index (χ0) is 9.26. The molecule has 13 heavy (non-hydrogen) atoms. The molecule has 6 heteroatoms. The van der Waals surface area contributed by atoms with Gasteiger partial charge in [0.2, 0.25) is 0 Å². The van der Waals surface area contributed by atoms with Gasteiger partial charge in [-0.25, -0.2) is 19.7 Å². The van der Waals surface area contributed by atoms with Crippen LogP contribution >= 0.6 is 0 Å². The summed E-state index contributed by atoms with van der Waals surface area (Å²) in [5.41, 5.74) is 1.15. The van der Waals surface area contributed by atoms with Gasteiger partial charge in [-0.3, -0.25) is 0 Å². The van der Waals surface area contributed by atoms with Gasteiger partial charge in [0.15, 0.2) is 11.3 Å². The summed E-state index contributed by atoms with van der Waals surface area (Å²) < 4.78 is 4.54. The fraction of sp³-hybridized carbons (Fsp3) is 0.143. The SMILES string of the molecule is COC(=O)c1ncnc2nc[nH]c12. The molecule has 0 atom stereocenters. The fourth-order valence-electron chi connectivity index (χ4n) is 1.02. The molecule has 1 N–H and O–H groups in total. The molecule has 0 saturated heterocycles. The molecule has 0 fully saturated rings. The Morgan fingerprint density at radius 3 is 3.08 bits per heavy atom. The van der Waals surface area contributed by atoms with Crippen molar-refractivity contribution in [2.24, 2.45) is 0 Å². The lowest BCUT2D eigenvalue weighted by molar-refractivity contribution is 0.0596. The number of rotatable bonds is 1. The number of aromatic amines is 1. The van der Waals surface area contributed by atoms with Crippen LogP contribution in [0.1, 0.15) is 10.5 Å². The van der Waals surface area contributed by atoms with E-state index >= 15 is 0 Å². The maximum Gasteiger partial charge on any atom is 0.359 e. The minimum absolute atomic E-state index is 0.199. The second kappa shape index (κ2) is 2.81. The van der Waals surface area contributed by atoms with Crippen molar-refractivity contribution in [1.82, 2.24) is 19.9 Å². The number of carbonyl (C=O) groups is 1. The second-order valence-corrected chi connectivity index (χ2v) is 2.32. The Morgan fingerprint density at radius 1 is 1.46 bits per heavy atom. The van der Waals surface area contributed by atoms with Crippen LogP contribution in [0.25, 0.3) is 11.2 Å². The lowest BCUT2D eigenvalue weighted by Crippen LogP contribution is -2.05. The molecule has 0 aliphatic heterocycles. The van der Waals surface area contributed by atoms with Crippen molar-refractivity contribution < 1.29 is 9.53 Å². The van der Waals surface area contributed by atoms with Crippen LogP contribution in [0.5, 0.6) is 0 Å². The third kappa shape index (κ3) is 1.12. The van der Waals surface area contributed by atoms with Gasteiger partial charge in [0.05, 0.1) is 13.4 Å². The van der Waals surface area contributed by atoms with E-state index in [9.17, 15) is 4.79 Å². The van der Waals surface area contributed by atoms with Gasteiger partial charge in [0.1, 0.15) is 11.8 Å². The van der Waals surface area contributed by atoms with E-state index < -0.39 is 5.97 Å². The Kier molecular flexibility index (Phi) is 1.66. The van der Waals surface area contributed by atoms with E-state index in [1.165, 1.54) is 19.8 Å². The average Bonchev–Trinajstić information content (AvgIpc) is 2.63. The van der Waals surface area contributed by atoms with Gasteiger partial charge >= 0.3 is 5.97 Å². The molecule has 0 aromatic carbocycles. The van der Waals surface area contributed by atoms with Crippen LogP contribution in [-0.2, 0) is 4.74 Å². The molecular formula is C7H6N4O2. The fourth-order valence-corrected chi connectivity index (χ4v) is 1.02. The van der Waals surface area contributed by atoms with Crippen LogP contribution in [0.15, 0.2) is 12.7 Å². The maximum absolute atomic E-state index is 11.2. The number of methoxy groups -OCH3 is 1. The van der Waals surface area contributed by atoms with Gasteiger partial charge in [-0.1, -0.05) is 0 Å². The van der Waals surface area contributed by atoms with Gasteiger partial charge in [-0.2, -0.15) is 0 Å². The van der Waals surface area contributed by atoms with Gasteiger partial charge in [0.25, 0.3) is 0 Å². The molecule has 2 aromatic heterocycles. The molecule has 0 aliphatic rings. The molecule has 6 nitrogen and oxygen atoms in total. The molecule has 66 valence electrons. The van der Waals surface area contributed by atoms with Crippen molar-refractivity contribution >= 4 is 17.1 Å². The van der Waals surface area contributed by atoms with Gasteiger partial charge < -0.3 is 9.72 Å². The highest BCUT2D eigenvalue weighted by molar-refractivity contribution is 5.98. The molecule has 0 unspecified atom stereocenters. The van der Waals surface area contributed by atoms with Gasteiger partial charge in [-0.15, -0.1) is 0 Å². The largest absolute Gasteiger partial charge is 0.464 e. The number of carbonyl (C=O) groups excluding carboxylic acids is 1. The number of aromatic nitrogens is 4. The van der Waals surface area contributed by atoms with E-state index in [0.29, 0.717) is 11.2 Å². The topological polar surface area (TPSA) is 80.8 Å². The third-order valence-corrected chi connectivity index (χ3v) is 1.60. The molecule has 0 amide bonds. The van der Waals surface area contributed by atoms with E-state index in [1.54, 1.807) is 0 Å². The lowest BCUT2D eigenvalue weighted by Gasteiger charge is -1.97. The van der Waals surface area contributed by atoms with Crippen molar-refractivity contribution in [3.8, 4) is 0 Å². The first-order chi connectivity index (χ1) is 6.33. The normalized spacial score (nSPS) is 10.2. The molecular weight excluding hydrogens is 172 g/mol. The first-order valence-electron chi connectivity index (χ1n) is 3.55. The quantitative estimate of drug-likeness (QED) is 0.628. The van der Waals surface area contributed by atoms with Crippen molar-refractivity contribution in [3.05, 3.63) is 18.3 Å². The van der Waals surface area contributed by atoms with Crippen LogP contribution in [-0.4, -0.2) is 33.0 Å². The Balaban J connectivity index is 2.67. The summed E-state index contributed by atoms with van der Waals surface area (Å²) in [6.07, 6.45) is 2.72. The van der Waals surface area contributed by atoms with Gasteiger partial charge in [0, 0.05) is 0 Å². The minimum atomic E-state index is -0.503. The highest BCUT2D eigenvalue weighted by atomic mass is 16.5. The number of hydrogen-bond donors (Lipinski definition) is 1. The van der Waals surface area contributed by atoms with Crippen molar-refractivity contribution in [1.29, 1.82) is 0 Å². The molecule has 0 radical (unpaired) electrons. The molecule has 2 heterocycles. The summed E-state index contributed by atoms with van der Waals surface area (Å²) in [6.45, 7) is 0. The summed E-state index contributed by atoms with van der Waals surface area (Å²) >= 11 is 0. The number of hydrogen-bond acceptors (Lipinski definition) is 5. The standard InChI is InChI=1S/C7H6N4O2/c1-13-7(12)5-4-6(10-2-8-4)11-3-9-5/h2-3H,1H3,(H,8,9,10,11). The number of nitrogens with one attached hydrogen (secondary N) is 1. The van der Waals surface area contributed by atoms with Crippen molar-refractivity contribution in [3.63, 3.8) is 0 Å². The number of H-pyrrole nitrogens is 1. The van der Waals surface area contributed by atoms with E-state index in [0.717, 1.165) is 0 Å². The minimum Gasteiger partial charge on any atom is -0.464 e. The van der Waals surface area contributed by atoms with E-state index in [2.05, 4.69) is 24.7 Å². The number of esters is 1. The van der Waals surface area contributed by atoms with E-state index in [-0.39, 0.29) is 5.69 Å². The van der Waals surface area contributed by atoms with Crippen LogP contribution in [0, 0.1) is 0 Å². The monoisotopic (exact) mass is 178 g/mol. The summed E-state index contributed by atoms with van der Waals surface area (Å²) in [7, 11) is 1.30. The van der Waals surface area contributed by atoms with Crippen molar-refractivity contribution in [2.75, 3.05) is 7.11 Å². The summed E-state index contributed by atoms with van der Waals surface area (Å²) in [5.74, 6) is -0.503. The lowest BCUT2D eigenvalue weighted by atomic mass is 10.3. The van der Waals surface area contributed by atoms with E-state index in [4.69, 9.17) is 0 Å². The van der Waals surface area contributed by atoms with Crippen LogP contribution in [0.3, 0.4) is 0 Å². The molecule has 2 aromatic rings. The summed E-state index contributed by atoms with van der Waals surface area (Å²) in [4.78, 5) is 25.5.